The van der Waals surface area contributed by atoms with Crippen molar-refractivity contribution >= 4 is 23.6 Å². The molecule has 21 heavy (non-hydrogen) atoms. The summed E-state index contributed by atoms with van der Waals surface area (Å²) in [6, 6.07) is -0.595. The van der Waals surface area contributed by atoms with Gasteiger partial charge in [-0.05, 0) is 6.42 Å². The standard InChI is InChI=1S/C14H21N3O4/c1-14(2,3)13(21)16-6-7-17(11(19)8-16)9-4-5-10(18)15-12(9)20/h9H,4-8H2,1-3H3,(H,15,18,20). The van der Waals surface area contributed by atoms with Crippen LogP contribution in [0.1, 0.15) is 33.6 Å². The van der Waals surface area contributed by atoms with E-state index in [1.54, 1.807) is 0 Å². The Balaban J connectivity index is 2.02. The van der Waals surface area contributed by atoms with Gasteiger partial charge < -0.3 is 9.80 Å². The molecule has 0 spiro atoms. The molecular weight excluding hydrogens is 274 g/mol. The first-order valence-electron chi connectivity index (χ1n) is 7.12. The number of hydrogen-bond acceptors (Lipinski definition) is 4. The molecule has 7 nitrogen and oxygen atoms in total. The topological polar surface area (TPSA) is 86.8 Å². The van der Waals surface area contributed by atoms with Crippen LogP contribution in [0.2, 0.25) is 0 Å². The number of hydrogen-bond donors (Lipinski definition) is 1. The van der Waals surface area contributed by atoms with Gasteiger partial charge in [0.25, 0.3) is 0 Å². The van der Waals surface area contributed by atoms with Gasteiger partial charge >= 0.3 is 0 Å². The summed E-state index contributed by atoms with van der Waals surface area (Å²) in [5.74, 6) is -1.03. The Bertz CT molecular complexity index is 495. The fraction of sp³-hybridized carbons (Fsp3) is 0.714. The predicted molar refractivity (Wildman–Crippen MR) is 73.9 cm³/mol. The molecule has 0 aromatic carbocycles. The maximum Gasteiger partial charge on any atom is 0.249 e. The number of imide groups is 1. The molecule has 1 unspecified atom stereocenters. The third-order valence-corrected chi connectivity index (χ3v) is 3.77. The van der Waals surface area contributed by atoms with E-state index in [9.17, 15) is 19.2 Å². The molecule has 0 saturated carbocycles. The predicted octanol–water partition coefficient (Wildman–Crippen LogP) is -0.491. The van der Waals surface area contributed by atoms with E-state index in [0.717, 1.165) is 0 Å². The molecule has 0 radical (unpaired) electrons. The van der Waals surface area contributed by atoms with E-state index in [1.807, 2.05) is 20.8 Å². The van der Waals surface area contributed by atoms with Crippen LogP contribution in [0.4, 0.5) is 0 Å². The molecule has 2 fully saturated rings. The molecule has 2 heterocycles. The van der Waals surface area contributed by atoms with Crippen LogP contribution in [-0.4, -0.2) is 59.1 Å². The van der Waals surface area contributed by atoms with Gasteiger partial charge in [-0.3, -0.25) is 24.5 Å². The fourth-order valence-electron chi connectivity index (χ4n) is 2.64. The summed E-state index contributed by atoms with van der Waals surface area (Å²) in [7, 11) is 0. The molecule has 4 amide bonds. The van der Waals surface area contributed by atoms with E-state index in [4.69, 9.17) is 0 Å². The van der Waals surface area contributed by atoms with Gasteiger partial charge in [-0.25, -0.2) is 0 Å². The molecule has 7 heteroatoms. The van der Waals surface area contributed by atoms with Crippen LogP contribution in [0.3, 0.4) is 0 Å². The summed E-state index contributed by atoms with van der Waals surface area (Å²) in [6.07, 6.45) is 0.592. The zero-order valence-electron chi connectivity index (χ0n) is 12.6. The molecule has 0 aromatic heterocycles. The quantitative estimate of drug-likeness (QED) is 0.661. The Hall–Kier alpha value is -1.92. The van der Waals surface area contributed by atoms with E-state index in [2.05, 4.69) is 5.32 Å². The second-order valence-electron chi connectivity index (χ2n) is 6.53. The van der Waals surface area contributed by atoms with Crippen LogP contribution in [-0.2, 0) is 19.2 Å². The van der Waals surface area contributed by atoms with Crippen LogP contribution in [0, 0.1) is 5.41 Å². The Morgan fingerprint density at radius 2 is 1.86 bits per heavy atom. The third kappa shape index (κ3) is 3.22. The Morgan fingerprint density at radius 3 is 2.38 bits per heavy atom. The number of nitrogens with one attached hydrogen (secondary N) is 1. The van der Waals surface area contributed by atoms with Crippen molar-refractivity contribution in [2.45, 2.75) is 39.7 Å². The van der Waals surface area contributed by atoms with Crippen LogP contribution in [0.15, 0.2) is 0 Å². The summed E-state index contributed by atoms with van der Waals surface area (Å²) in [6.45, 7) is 6.17. The van der Waals surface area contributed by atoms with Crippen molar-refractivity contribution < 1.29 is 19.2 Å². The normalized spacial score (nSPS) is 24.1. The summed E-state index contributed by atoms with van der Waals surface area (Å²) >= 11 is 0. The number of piperidine rings is 1. The molecular formula is C14H21N3O4. The first-order chi connectivity index (χ1) is 9.70. The van der Waals surface area contributed by atoms with Crippen LogP contribution >= 0.6 is 0 Å². The van der Waals surface area contributed by atoms with Gasteiger partial charge in [-0.15, -0.1) is 0 Å². The SMILES string of the molecule is CC(C)(C)C(=O)N1CCN(C2CCC(=O)NC2=O)C(=O)C1. The molecule has 2 aliphatic heterocycles. The molecule has 2 rings (SSSR count). The summed E-state index contributed by atoms with van der Waals surface area (Å²) in [4.78, 5) is 50.4. The third-order valence-electron chi connectivity index (χ3n) is 3.77. The zero-order valence-corrected chi connectivity index (χ0v) is 12.6. The lowest BCUT2D eigenvalue weighted by Gasteiger charge is -2.40. The van der Waals surface area contributed by atoms with Gasteiger partial charge in [-0.1, -0.05) is 20.8 Å². The van der Waals surface area contributed by atoms with Gasteiger partial charge in [0.1, 0.15) is 6.04 Å². The van der Waals surface area contributed by atoms with Gasteiger partial charge in [-0.2, -0.15) is 0 Å². The van der Waals surface area contributed by atoms with Crippen molar-refractivity contribution in [1.29, 1.82) is 0 Å². The lowest BCUT2D eigenvalue weighted by molar-refractivity contribution is -0.155. The molecule has 1 atom stereocenters. The maximum absolute atomic E-state index is 12.2. The molecule has 116 valence electrons. The highest BCUT2D eigenvalue weighted by atomic mass is 16.2. The first kappa shape index (κ1) is 15.5. The minimum atomic E-state index is -0.595. The second kappa shape index (κ2) is 5.46. The summed E-state index contributed by atoms with van der Waals surface area (Å²) < 4.78 is 0. The van der Waals surface area contributed by atoms with Crippen molar-refractivity contribution in [3.63, 3.8) is 0 Å². The number of amides is 4. The van der Waals surface area contributed by atoms with Crippen molar-refractivity contribution in [2.24, 2.45) is 5.41 Å². The van der Waals surface area contributed by atoms with Gasteiger partial charge in [0.05, 0.1) is 6.54 Å². The Morgan fingerprint density at radius 1 is 1.19 bits per heavy atom. The number of rotatable bonds is 1. The number of carbonyl (C=O) groups excluding carboxylic acids is 4. The highest BCUT2D eigenvalue weighted by molar-refractivity contribution is 6.02. The minimum absolute atomic E-state index is 0.00612. The van der Waals surface area contributed by atoms with E-state index in [1.165, 1.54) is 9.80 Å². The molecule has 0 aliphatic carbocycles. The Labute approximate surface area is 123 Å². The lowest BCUT2D eigenvalue weighted by atomic mass is 9.94. The molecule has 0 aromatic rings. The minimum Gasteiger partial charge on any atom is -0.331 e. The Kier molecular flexibility index (Phi) is 4.02. The highest BCUT2D eigenvalue weighted by Gasteiger charge is 2.39. The van der Waals surface area contributed by atoms with E-state index < -0.39 is 17.4 Å². The van der Waals surface area contributed by atoms with Crippen molar-refractivity contribution in [2.75, 3.05) is 19.6 Å². The maximum atomic E-state index is 12.2. The van der Waals surface area contributed by atoms with Crippen molar-refractivity contribution in [3.8, 4) is 0 Å². The van der Waals surface area contributed by atoms with E-state index >= 15 is 0 Å². The van der Waals surface area contributed by atoms with Crippen LogP contribution in [0.25, 0.3) is 0 Å². The molecule has 0 bridgehead atoms. The van der Waals surface area contributed by atoms with Crippen molar-refractivity contribution in [3.05, 3.63) is 0 Å². The first-order valence-corrected chi connectivity index (χ1v) is 7.12. The second-order valence-corrected chi connectivity index (χ2v) is 6.53. The molecule has 2 aliphatic rings. The van der Waals surface area contributed by atoms with E-state index in [0.29, 0.717) is 19.5 Å². The zero-order chi connectivity index (χ0) is 15.8. The largest absolute Gasteiger partial charge is 0.331 e. The van der Waals surface area contributed by atoms with Gasteiger partial charge in [0.15, 0.2) is 0 Å². The number of carbonyl (C=O) groups is 4. The average Bonchev–Trinajstić information content (AvgIpc) is 2.37. The van der Waals surface area contributed by atoms with Crippen molar-refractivity contribution in [1.82, 2.24) is 15.1 Å². The highest BCUT2D eigenvalue weighted by Crippen LogP contribution is 2.21. The lowest BCUT2D eigenvalue weighted by Crippen LogP contribution is -2.61. The smallest absolute Gasteiger partial charge is 0.249 e. The van der Waals surface area contributed by atoms with Crippen LogP contribution < -0.4 is 5.32 Å². The summed E-state index contributed by atoms with van der Waals surface area (Å²) in [5, 5.41) is 2.25. The van der Waals surface area contributed by atoms with Gasteiger partial charge in [0.2, 0.25) is 23.6 Å². The number of piperazine rings is 1. The average molecular weight is 295 g/mol. The summed E-state index contributed by atoms with van der Waals surface area (Å²) in [5.41, 5.74) is -0.531. The van der Waals surface area contributed by atoms with E-state index in [-0.39, 0.29) is 30.7 Å². The fourth-order valence-corrected chi connectivity index (χ4v) is 2.64. The monoisotopic (exact) mass is 295 g/mol. The molecule has 2 saturated heterocycles. The number of nitrogens with zero attached hydrogens (tertiary/aromatic N) is 2. The molecule has 1 N–H and O–H groups in total. The van der Waals surface area contributed by atoms with Gasteiger partial charge in [0, 0.05) is 24.9 Å². The van der Waals surface area contributed by atoms with Crippen LogP contribution in [0.5, 0.6) is 0 Å².